The number of benzene rings is 4. The summed E-state index contributed by atoms with van der Waals surface area (Å²) in [5.74, 6) is 2.11. The number of aromatic nitrogens is 6. The second-order valence-electron chi connectivity index (χ2n) is 15.9. The predicted octanol–water partition coefficient (Wildman–Crippen LogP) is 5.01. The second kappa shape index (κ2) is 21.7. The van der Waals surface area contributed by atoms with Crippen molar-refractivity contribution in [3.8, 4) is 23.0 Å². The van der Waals surface area contributed by atoms with Gasteiger partial charge >= 0.3 is 5.97 Å². The van der Waals surface area contributed by atoms with Crippen LogP contribution < -0.4 is 18.9 Å². The Morgan fingerprint density at radius 3 is 1.09 bits per heavy atom. The summed E-state index contributed by atoms with van der Waals surface area (Å²) < 4.78 is 82.4. The van der Waals surface area contributed by atoms with Gasteiger partial charge in [-0.3, -0.25) is 0 Å². The highest BCUT2D eigenvalue weighted by Crippen LogP contribution is 2.26. The Morgan fingerprint density at radius 1 is 0.530 bits per heavy atom. The lowest BCUT2D eigenvalue weighted by atomic mass is 10.1. The van der Waals surface area contributed by atoms with Crippen molar-refractivity contribution in [1.82, 2.24) is 38.6 Å². The Balaban J connectivity index is 0.000000248. The third-order valence-corrected chi connectivity index (χ3v) is 13.6. The minimum atomic E-state index is -4.08. The van der Waals surface area contributed by atoms with Crippen LogP contribution in [-0.4, -0.2) is 109 Å². The average molecular weight is 949 g/mol. The zero-order valence-corrected chi connectivity index (χ0v) is 40.0. The average Bonchev–Trinajstić information content (AvgIpc) is 4.06. The van der Waals surface area contributed by atoms with Crippen molar-refractivity contribution < 1.29 is 50.4 Å². The summed E-state index contributed by atoms with van der Waals surface area (Å²) in [5, 5.41) is 25.5. The van der Waals surface area contributed by atoms with E-state index in [0.29, 0.717) is 23.0 Å². The molecule has 354 valence electrons. The fourth-order valence-corrected chi connectivity index (χ4v) is 8.67. The molecule has 66 heavy (non-hydrogen) atoms. The van der Waals surface area contributed by atoms with E-state index in [1.54, 1.807) is 129 Å². The van der Waals surface area contributed by atoms with Crippen LogP contribution in [0.5, 0.6) is 23.0 Å². The number of aliphatic hydroxyl groups excluding tert-OH is 1. The molecular formula is C45H56N8O11S2. The Bertz CT molecular complexity index is 2630. The molecule has 0 spiro atoms. The number of methoxy groups -OCH3 is 5. The molecule has 19 nitrogen and oxygen atoms in total. The molecule has 0 atom stereocenters. The van der Waals surface area contributed by atoms with Gasteiger partial charge in [-0.1, -0.05) is 48.5 Å². The van der Waals surface area contributed by atoms with E-state index < -0.39 is 37.1 Å². The van der Waals surface area contributed by atoms with Crippen molar-refractivity contribution in [3.63, 3.8) is 0 Å². The number of sulfonamides is 2. The summed E-state index contributed by atoms with van der Waals surface area (Å²) in [5.41, 5.74) is 1.02. The van der Waals surface area contributed by atoms with Crippen LogP contribution in [0.4, 0.5) is 0 Å². The van der Waals surface area contributed by atoms with E-state index in [4.69, 9.17) is 23.7 Å². The molecule has 2 aromatic heterocycles. The van der Waals surface area contributed by atoms with E-state index in [-0.39, 0.29) is 42.8 Å². The summed E-state index contributed by atoms with van der Waals surface area (Å²) in [6.45, 7) is 6.73. The Kier molecular flexibility index (Phi) is 16.7. The van der Waals surface area contributed by atoms with E-state index in [1.165, 1.54) is 26.7 Å². The molecule has 0 amide bonds. The monoisotopic (exact) mass is 948 g/mol. The lowest BCUT2D eigenvalue weighted by molar-refractivity contribution is -0.150. The molecule has 0 bridgehead atoms. The van der Waals surface area contributed by atoms with Crippen LogP contribution in [0.3, 0.4) is 0 Å². The largest absolute Gasteiger partial charge is 0.497 e. The van der Waals surface area contributed by atoms with Crippen LogP contribution in [0, 0.1) is 0 Å². The first-order valence-electron chi connectivity index (χ1n) is 20.4. The number of hydrogen-bond acceptors (Lipinski definition) is 15. The third kappa shape index (κ3) is 12.3. The summed E-state index contributed by atoms with van der Waals surface area (Å²) >= 11 is 0. The quantitative estimate of drug-likeness (QED) is 0.0995. The summed E-state index contributed by atoms with van der Waals surface area (Å²) in [6.07, 6.45) is 2.34. The first-order valence-corrected chi connectivity index (χ1v) is 23.3. The molecule has 0 unspecified atom stereocenters. The van der Waals surface area contributed by atoms with E-state index in [0.717, 1.165) is 33.2 Å². The maximum absolute atomic E-state index is 13.6. The van der Waals surface area contributed by atoms with Crippen LogP contribution >= 0.6 is 0 Å². The van der Waals surface area contributed by atoms with Gasteiger partial charge in [0, 0.05) is 26.2 Å². The molecule has 4 aromatic carbocycles. The summed E-state index contributed by atoms with van der Waals surface area (Å²) in [4.78, 5) is 14.4. The van der Waals surface area contributed by atoms with Crippen molar-refractivity contribution in [2.45, 2.75) is 75.0 Å². The van der Waals surface area contributed by atoms with Gasteiger partial charge in [0.1, 0.15) is 23.0 Å². The fraction of sp³-hybridized carbons (Fsp3) is 0.356. The molecule has 0 saturated carbocycles. The van der Waals surface area contributed by atoms with Crippen molar-refractivity contribution >= 4 is 26.0 Å². The molecule has 0 fully saturated rings. The molecule has 21 heteroatoms. The standard InChI is InChI=1S/C23H28N4O6S.C22H28N4O5S/c1-23(2,22(28)33-5)27-24-14-21(25-27)34(29,30)26(15-17-6-10-19(31-3)11-7-17)16-18-8-12-20(32-4)13-9-18;1-22(2,16-27)26-23-13-21(24-26)32(28,29)25(14-17-5-9-19(30-3)10-6-17)15-18-7-11-20(31-4)12-8-18/h6-14H,15-16H2,1-5H3;5-13,27H,14-16H2,1-4H3. The van der Waals surface area contributed by atoms with Crippen molar-refractivity contribution in [3.05, 3.63) is 132 Å². The number of rotatable bonds is 20. The second-order valence-corrected chi connectivity index (χ2v) is 19.7. The maximum atomic E-state index is 13.6. The van der Waals surface area contributed by atoms with Crippen molar-refractivity contribution in [2.24, 2.45) is 0 Å². The minimum absolute atomic E-state index is 0.0889. The number of hydrogen-bond donors (Lipinski definition) is 1. The van der Waals surface area contributed by atoms with Crippen LogP contribution in [0.1, 0.15) is 49.9 Å². The molecule has 2 heterocycles. The van der Waals surface area contributed by atoms with Crippen LogP contribution in [0.15, 0.2) is 120 Å². The number of carbonyl (C=O) groups excluding carboxylic acids is 1. The molecule has 1 N–H and O–H groups in total. The first kappa shape index (κ1) is 50.6. The molecule has 0 saturated heterocycles. The van der Waals surface area contributed by atoms with Gasteiger partial charge in [-0.15, -0.1) is 10.2 Å². The maximum Gasteiger partial charge on any atom is 0.335 e. The lowest BCUT2D eigenvalue weighted by Crippen LogP contribution is -2.39. The van der Waals surface area contributed by atoms with Crippen molar-refractivity contribution in [1.29, 1.82) is 0 Å². The summed E-state index contributed by atoms with van der Waals surface area (Å²) in [7, 11) is -0.531. The first-order chi connectivity index (χ1) is 31.3. The van der Waals surface area contributed by atoms with Gasteiger partial charge in [-0.05, 0) is 98.5 Å². The molecular weight excluding hydrogens is 893 g/mol. The van der Waals surface area contributed by atoms with Gasteiger partial charge in [0.05, 0.1) is 60.1 Å². The van der Waals surface area contributed by atoms with Gasteiger partial charge in [0.15, 0.2) is 5.54 Å². The normalized spacial score (nSPS) is 12.1. The molecule has 0 aliphatic rings. The van der Waals surface area contributed by atoms with E-state index in [2.05, 4.69) is 20.4 Å². The number of carbonyl (C=O) groups is 1. The van der Waals surface area contributed by atoms with Crippen LogP contribution in [0.25, 0.3) is 0 Å². The number of aliphatic hydroxyl groups is 1. The van der Waals surface area contributed by atoms with Crippen LogP contribution in [0.2, 0.25) is 0 Å². The molecule has 0 radical (unpaired) electrons. The van der Waals surface area contributed by atoms with E-state index >= 15 is 0 Å². The van der Waals surface area contributed by atoms with Gasteiger partial charge < -0.3 is 28.8 Å². The van der Waals surface area contributed by atoms with Gasteiger partial charge in [0.2, 0.25) is 10.1 Å². The smallest absolute Gasteiger partial charge is 0.335 e. The topological polar surface area (TPSA) is 220 Å². The third-order valence-electron chi connectivity index (χ3n) is 10.3. The molecule has 6 aromatic rings. The molecule has 0 aliphatic heterocycles. The van der Waals surface area contributed by atoms with E-state index in [9.17, 15) is 26.7 Å². The zero-order valence-electron chi connectivity index (χ0n) is 38.4. The molecule has 6 rings (SSSR count). The van der Waals surface area contributed by atoms with Crippen molar-refractivity contribution in [2.75, 3.05) is 42.2 Å². The van der Waals surface area contributed by atoms with Gasteiger partial charge in [-0.2, -0.15) is 28.4 Å². The summed E-state index contributed by atoms with van der Waals surface area (Å²) in [6, 6.07) is 28.7. The lowest BCUT2D eigenvalue weighted by Gasteiger charge is -2.22. The highest BCUT2D eigenvalue weighted by molar-refractivity contribution is 7.89. The van der Waals surface area contributed by atoms with Crippen LogP contribution in [-0.2, 0) is 66.8 Å². The Labute approximate surface area is 385 Å². The SMILES string of the molecule is COC(=O)C(C)(C)n1ncc(S(=O)(=O)N(Cc2ccc(OC)cc2)Cc2ccc(OC)cc2)n1.COc1ccc(CN(Cc2ccc(OC)cc2)S(=O)(=O)c2cnn(C(C)(C)CO)n2)cc1. The Morgan fingerprint density at radius 2 is 0.818 bits per heavy atom. The Hall–Kier alpha value is -6.39. The number of esters is 1. The zero-order chi connectivity index (χ0) is 48.3. The highest BCUT2D eigenvalue weighted by Gasteiger charge is 2.36. The highest BCUT2D eigenvalue weighted by atomic mass is 32.2. The van der Waals surface area contributed by atoms with Gasteiger partial charge in [-0.25, -0.2) is 21.6 Å². The predicted molar refractivity (Wildman–Crippen MR) is 243 cm³/mol. The number of ether oxygens (including phenoxy) is 5. The number of nitrogens with zero attached hydrogens (tertiary/aromatic N) is 8. The molecule has 0 aliphatic carbocycles. The van der Waals surface area contributed by atoms with E-state index in [1.807, 2.05) is 24.3 Å². The van der Waals surface area contributed by atoms with Gasteiger partial charge in [0.25, 0.3) is 20.0 Å². The minimum Gasteiger partial charge on any atom is -0.497 e. The fourth-order valence-electron chi connectivity index (χ4n) is 6.14.